The summed E-state index contributed by atoms with van der Waals surface area (Å²) in [5, 5.41) is 8.16. The fourth-order valence-electron chi connectivity index (χ4n) is 2.80. The van der Waals surface area contributed by atoms with Gasteiger partial charge in [-0.25, -0.2) is 0 Å². The van der Waals surface area contributed by atoms with Crippen LogP contribution in [0.2, 0.25) is 0 Å². The quantitative estimate of drug-likeness (QED) is 0.876. The summed E-state index contributed by atoms with van der Waals surface area (Å²) >= 11 is 4.05. The van der Waals surface area contributed by atoms with Gasteiger partial charge in [-0.2, -0.15) is 16.9 Å². The van der Waals surface area contributed by atoms with E-state index in [4.69, 9.17) is 0 Å². The number of nitrogens with one attached hydrogen (secondary N) is 1. The Morgan fingerprint density at radius 3 is 3.10 bits per heavy atom. The molecular formula is C16H23N3S2. The van der Waals surface area contributed by atoms with Crippen LogP contribution < -0.4 is 5.32 Å². The van der Waals surface area contributed by atoms with Crippen LogP contribution in [0.3, 0.4) is 0 Å². The number of hydrogen-bond donors (Lipinski definition) is 1. The second-order valence-corrected chi connectivity index (χ2v) is 7.63. The van der Waals surface area contributed by atoms with E-state index in [9.17, 15) is 0 Å². The summed E-state index contributed by atoms with van der Waals surface area (Å²) in [5.74, 6) is 2.45. The fraction of sp³-hybridized carbons (Fsp3) is 0.562. The van der Waals surface area contributed by atoms with Gasteiger partial charge in [-0.1, -0.05) is 6.92 Å². The summed E-state index contributed by atoms with van der Waals surface area (Å²) in [4.78, 5) is 3.04. The summed E-state index contributed by atoms with van der Waals surface area (Å²) in [7, 11) is 0. The number of hydrogen-bond acceptors (Lipinski definition) is 4. The monoisotopic (exact) mass is 321 g/mol. The number of aryl methyl sites for hydroxylation is 2. The molecule has 1 unspecified atom stereocenters. The molecule has 0 spiro atoms. The SMILES string of the molecule is CCCNC(c1cc2c(s1)CCSC2)c1ccnn1CC. The average Bonchev–Trinajstić information content (AvgIpc) is 3.14. The van der Waals surface area contributed by atoms with Crippen LogP contribution in [0.4, 0.5) is 0 Å². The lowest BCUT2D eigenvalue weighted by atomic mass is 10.1. The Bertz CT molecular complexity index is 565. The van der Waals surface area contributed by atoms with E-state index in [1.54, 1.807) is 10.4 Å². The van der Waals surface area contributed by atoms with Gasteiger partial charge in [-0.3, -0.25) is 4.68 Å². The smallest absolute Gasteiger partial charge is 0.0842 e. The molecule has 0 saturated carbocycles. The van der Waals surface area contributed by atoms with Crippen LogP contribution in [0.1, 0.15) is 47.3 Å². The molecule has 0 aliphatic carbocycles. The molecule has 2 aromatic rings. The number of thioether (sulfide) groups is 1. The molecule has 0 aromatic carbocycles. The molecule has 3 nitrogen and oxygen atoms in total. The lowest BCUT2D eigenvalue weighted by Crippen LogP contribution is -2.25. The highest BCUT2D eigenvalue weighted by atomic mass is 32.2. The number of rotatable bonds is 6. The second kappa shape index (κ2) is 6.99. The van der Waals surface area contributed by atoms with Gasteiger partial charge in [-0.05, 0) is 49.8 Å². The molecular weight excluding hydrogens is 298 g/mol. The van der Waals surface area contributed by atoms with Gasteiger partial charge in [0.1, 0.15) is 0 Å². The molecule has 1 aliphatic heterocycles. The van der Waals surface area contributed by atoms with E-state index in [2.05, 4.69) is 52.8 Å². The number of thiophene rings is 1. The Kier molecular flexibility index (Phi) is 5.03. The summed E-state index contributed by atoms with van der Waals surface area (Å²) in [6.45, 7) is 6.34. The normalized spacial score (nSPS) is 15.9. The number of nitrogens with zero attached hydrogens (tertiary/aromatic N) is 2. The molecule has 3 heterocycles. The van der Waals surface area contributed by atoms with Crippen molar-refractivity contribution in [2.24, 2.45) is 0 Å². The molecule has 21 heavy (non-hydrogen) atoms. The third kappa shape index (κ3) is 3.20. The summed E-state index contributed by atoms with van der Waals surface area (Å²) in [6.07, 6.45) is 4.30. The van der Waals surface area contributed by atoms with Crippen LogP contribution >= 0.6 is 23.1 Å². The predicted octanol–water partition coefficient (Wildman–Crippen LogP) is 3.84. The van der Waals surface area contributed by atoms with E-state index in [0.717, 1.165) is 19.5 Å². The summed E-state index contributed by atoms with van der Waals surface area (Å²) in [6, 6.07) is 4.87. The number of aromatic nitrogens is 2. The van der Waals surface area contributed by atoms with Crippen LogP contribution in [0.15, 0.2) is 18.3 Å². The lowest BCUT2D eigenvalue weighted by molar-refractivity contribution is 0.534. The first-order valence-corrected chi connectivity index (χ1v) is 9.75. The van der Waals surface area contributed by atoms with Crippen LogP contribution in [-0.4, -0.2) is 22.1 Å². The van der Waals surface area contributed by atoms with Crippen LogP contribution in [0.25, 0.3) is 0 Å². The van der Waals surface area contributed by atoms with Crippen molar-refractivity contribution >= 4 is 23.1 Å². The van der Waals surface area contributed by atoms with Gasteiger partial charge in [0.2, 0.25) is 0 Å². The maximum absolute atomic E-state index is 4.45. The van der Waals surface area contributed by atoms with Crippen LogP contribution in [0.5, 0.6) is 0 Å². The van der Waals surface area contributed by atoms with E-state index >= 15 is 0 Å². The zero-order valence-electron chi connectivity index (χ0n) is 12.8. The van der Waals surface area contributed by atoms with Gasteiger partial charge in [0.15, 0.2) is 0 Å². The Hall–Kier alpha value is -0.780. The van der Waals surface area contributed by atoms with Crippen molar-refractivity contribution in [1.29, 1.82) is 0 Å². The Balaban J connectivity index is 1.93. The van der Waals surface area contributed by atoms with Crippen LogP contribution in [0, 0.1) is 0 Å². The van der Waals surface area contributed by atoms with Gasteiger partial charge < -0.3 is 5.32 Å². The highest BCUT2D eigenvalue weighted by molar-refractivity contribution is 7.98. The maximum Gasteiger partial charge on any atom is 0.0842 e. The molecule has 0 radical (unpaired) electrons. The highest BCUT2D eigenvalue weighted by Crippen LogP contribution is 2.36. The number of fused-ring (bicyclic) bond motifs is 1. The minimum atomic E-state index is 0.285. The van der Waals surface area contributed by atoms with E-state index in [-0.39, 0.29) is 6.04 Å². The fourth-order valence-corrected chi connectivity index (χ4v) is 5.27. The first-order valence-electron chi connectivity index (χ1n) is 7.77. The van der Waals surface area contributed by atoms with Crippen LogP contribution in [-0.2, 0) is 18.7 Å². The molecule has 0 amide bonds. The molecule has 1 aliphatic rings. The van der Waals surface area contributed by atoms with E-state index in [1.165, 1.54) is 28.5 Å². The van der Waals surface area contributed by atoms with Gasteiger partial charge >= 0.3 is 0 Å². The van der Waals surface area contributed by atoms with Gasteiger partial charge in [0.05, 0.1) is 11.7 Å². The highest BCUT2D eigenvalue weighted by Gasteiger charge is 2.22. The molecule has 0 saturated heterocycles. The van der Waals surface area contributed by atoms with Crippen molar-refractivity contribution in [2.75, 3.05) is 12.3 Å². The molecule has 5 heteroatoms. The first-order chi connectivity index (χ1) is 10.3. The standard InChI is InChI=1S/C16H23N3S2/c1-3-7-17-16(13-5-8-18-19(13)4-2)15-10-12-11-20-9-6-14(12)21-15/h5,8,10,16-17H,3-4,6-7,9,11H2,1-2H3. The summed E-state index contributed by atoms with van der Waals surface area (Å²) < 4.78 is 2.11. The van der Waals surface area contributed by atoms with Gasteiger partial charge in [0.25, 0.3) is 0 Å². The minimum absolute atomic E-state index is 0.285. The summed E-state index contributed by atoms with van der Waals surface area (Å²) in [5.41, 5.74) is 2.84. The molecule has 1 N–H and O–H groups in total. The molecule has 0 fully saturated rings. The molecule has 0 bridgehead atoms. The molecule has 1 atom stereocenters. The van der Waals surface area contributed by atoms with E-state index < -0.39 is 0 Å². The largest absolute Gasteiger partial charge is 0.304 e. The van der Waals surface area contributed by atoms with E-state index in [0.29, 0.717) is 0 Å². The van der Waals surface area contributed by atoms with E-state index in [1.807, 2.05) is 17.5 Å². The Morgan fingerprint density at radius 1 is 1.43 bits per heavy atom. The molecule has 2 aromatic heterocycles. The molecule has 3 rings (SSSR count). The van der Waals surface area contributed by atoms with Crippen molar-refractivity contribution in [1.82, 2.24) is 15.1 Å². The zero-order chi connectivity index (χ0) is 14.7. The van der Waals surface area contributed by atoms with Crippen molar-refractivity contribution in [2.45, 2.75) is 45.0 Å². The molecule has 114 valence electrons. The van der Waals surface area contributed by atoms with Crippen molar-refractivity contribution in [3.05, 3.63) is 39.3 Å². The minimum Gasteiger partial charge on any atom is -0.304 e. The Labute approximate surface area is 135 Å². The topological polar surface area (TPSA) is 29.9 Å². The maximum atomic E-state index is 4.45. The van der Waals surface area contributed by atoms with Gasteiger partial charge in [-0.15, -0.1) is 11.3 Å². The second-order valence-electron chi connectivity index (χ2n) is 5.36. The predicted molar refractivity (Wildman–Crippen MR) is 92.2 cm³/mol. The third-order valence-corrected chi connectivity index (χ3v) is 6.18. The zero-order valence-corrected chi connectivity index (χ0v) is 14.4. The first kappa shape index (κ1) is 15.1. The van der Waals surface area contributed by atoms with Gasteiger partial charge in [0, 0.05) is 28.2 Å². The van der Waals surface area contributed by atoms with Crippen molar-refractivity contribution < 1.29 is 0 Å². The lowest BCUT2D eigenvalue weighted by Gasteiger charge is -2.18. The van der Waals surface area contributed by atoms with Crippen molar-refractivity contribution in [3.63, 3.8) is 0 Å². The average molecular weight is 322 g/mol. The third-order valence-electron chi connectivity index (χ3n) is 3.87. The van der Waals surface area contributed by atoms with Crippen molar-refractivity contribution in [3.8, 4) is 0 Å². The Morgan fingerprint density at radius 2 is 2.33 bits per heavy atom.